The van der Waals surface area contributed by atoms with E-state index in [0.717, 1.165) is 5.56 Å². The van der Waals surface area contributed by atoms with Gasteiger partial charge in [-0.05, 0) is 79.6 Å². The van der Waals surface area contributed by atoms with Crippen LogP contribution in [0.5, 0.6) is 0 Å². The fraction of sp³-hybridized carbons (Fsp3) is 0.683. The minimum absolute atomic E-state index is 0.0498. The maximum Gasteiger partial charge on any atom is 0.316 e. The molecular weight excluding hydrogens is 752 g/mol. The zero-order valence-electron chi connectivity index (χ0n) is 35.1. The number of hydrogen-bond acceptors (Lipinski definition) is 15. The normalized spacial score (nSPS) is 35.9. The highest BCUT2D eigenvalue weighted by Crippen LogP contribution is 2.37. The van der Waals surface area contributed by atoms with Gasteiger partial charge in [-0.25, -0.2) is 14.7 Å². The molecule has 11 atom stereocenters. The molecule has 3 saturated heterocycles. The summed E-state index contributed by atoms with van der Waals surface area (Å²) in [5.41, 5.74) is -1.76. The van der Waals surface area contributed by atoms with Gasteiger partial charge in [0.25, 0.3) is 0 Å². The highest BCUT2D eigenvalue weighted by molar-refractivity contribution is 5.99. The van der Waals surface area contributed by atoms with Gasteiger partial charge in [-0.3, -0.25) is 14.4 Å². The standard InChI is InChI=1S/C41H60N6O11/c1-10-33-41(7,52)37-25(3)30(44-27(5)48)14-15-40(6,54-23-29(22-53-37)45-55-21-28-12-13-35(42-20-28)47-17-11-16-43-47)34(19-32(49)26(4)38(51)57-33)58-39-36(50)31(46(8)9)18-24(2)56-39/h11-13,16-17,20,24-26,31,33-34,36-37,39,50,52H,10,14-15,18-19,21-23H2,1-9H3/b44-30?,45-29-/t24-,25+,26-,31+,33-,34-,36-,37+,39+,40-,41-/m1/s1. The number of esters is 1. The Bertz CT molecular complexity index is 1770. The topological polar surface area (TPSA) is 206 Å². The number of rotatable bonds is 8. The lowest BCUT2D eigenvalue weighted by atomic mass is 9.78. The van der Waals surface area contributed by atoms with E-state index in [0.29, 0.717) is 23.7 Å². The first-order chi connectivity index (χ1) is 27.4. The highest BCUT2D eigenvalue weighted by Gasteiger charge is 2.50. The zero-order valence-corrected chi connectivity index (χ0v) is 35.1. The van der Waals surface area contributed by atoms with E-state index in [4.69, 9.17) is 28.5 Å². The smallest absolute Gasteiger partial charge is 0.316 e. The molecule has 5 rings (SSSR count). The van der Waals surface area contributed by atoms with Crippen LogP contribution in [-0.2, 0) is 49.5 Å². The van der Waals surface area contributed by atoms with Gasteiger partial charge in [0.2, 0.25) is 5.91 Å². The molecule has 0 spiro atoms. The molecular formula is C41H60N6O11. The summed E-state index contributed by atoms with van der Waals surface area (Å²) in [5.74, 6) is -3.09. The van der Waals surface area contributed by atoms with E-state index in [1.165, 1.54) is 20.8 Å². The van der Waals surface area contributed by atoms with E-state index in [1.54, 1.807) is 56.2 Å². The molecule has 5 heterocycles. The second-order valence-electron chi connectivity index (χ2n) is 16.3. The van der Waals surface area contributed by atoms with Gasteiger partial charge in [0.05, 0.1) is 37.1 Å². The molecule has 2 aromatic rings. The molecule has 0 aliphatic carbocycles. The van der Waals surface area contributed by atoms with Gasteiger partial charge < -0.3 is 43.6 Å². The first-order valence-electron chi connectivity index (χ1n) is 20.0. The number of pyridine rings is 1. The predicted molar refractivity (Wildman–Crippen MR) is 211 cm³/mol. The third kappa shape index (κ3) is 10.8. The van der Waals surface area contributed by atoms with Crippen molar-refractivity contribution < 1.29 is 53.1 Å². The summed E-state index contributed by atoms with van der Waals surface area (Å²) < 4.78 is 33.6. The van der Waals surface area contributed by atoms with Crippen LogP contribution in [0.15, 0.2) is 46.9 Å². The summed E-state index contributed by atoms with van der Waals surface area (Å²) in [6, 6.07) is 5.14. The number of fused-ring (bicyclic) bond motifs is 5. The van der Waals surface area contributed by atoms with Crippen molar-refractivity contribution in [2.24, 2.45) is 22.0 Å². The Morgan fingerprint density at radius 1 is 1.16 bits per heavy atom. The number of aromatic nitrogens is 3. The first-order valence-corrected chi connectivity index (χ1v) is 20.0. The van der Waals surface area contributed by atoms with Gasteiger partial charge in [0.1, 0.15) is 41.8 Å². The molecule has 3 fully saturated rings. The minimum Gasteiger partial charge on any atom is -0.459 e. The molecule has 17 heteroatoms. The van der Waals surface area contributed by atoms with E-state index < -0.39 is 71.4 Å². The number of amides is 1. The summed E-state index contributed by atoms with van der Waals surface area (Å²) >= 11 is 0. The number of aliphatic hydroxyl groups is 2. The Balaban J connectivity index is 1.57. The number of aliphatic imine (C=N–C) groups is 1. The monoisotopic (exact) mass is 812 g/mol. The SMILES string of the molecule is CC[C@H]1OC(=O)[C@H](C)C(=O)C[C@@H](O[C@@H]2O[C@H](C)C[C@H](N(C)C)[C@H]2O)[C@@]2(C)CCC(=NC(C)=O)[C@H](C)[C@H](OC/C(=N/OCc3ccc(-n4cccn4)nc3)CO2)[C@]1(C)O. The van der Waals surface area contributed by atoms with Crippen molar-refractivity contribution in [3.05, 3.63) is 42.4 Å². The van der Waals surface area contributed by atoms with E-state index in [2.05, 4.69) is 20.2 Å². The largest absolute Gasteiger partial charge is 0.459 e. The van der Waals surface area contributed by atoms with E-state index in [9.17, 15) is 24.6 Å². The molecule has 0 unspecified atom stereocenters. The number of hydrogen-bond donors (Lipinski definition) is 2. The van der Waals surface area contributed by atoms with Crippen molar-refractivity contribution >= 4 is 29.1 Å². The molecule has 0 radical (unpaired) electrons. The lowest BCUT2D eigenvalue weighted by Gasteiger charge is -2.45. The average molecular weight is 813 g/mol. The third-order valence-electron chi connectivity index (χ3n) is 11.5. The van der Waals surface area contributed by atoms with Gasteiger partial charge in [-0.1, -0.05) is 25.1 Å². The van der Waals surface area contributed by atoms with Crippen LogP contribution in [0, 0.1) is 11.8 Å². The summed E-state index contributed by atoms with van der Waals surface area (Å²) in [6.07, 6.45) is -0.0129. The van der Waals surface area contributed by atoms with Gasteiger partial charge in [0.15, 0.2) is 12.1 Å². The van der Waals surface area contributed by atoms with Crippen molar-refractivity contribution in [2.45, 2.75) is 141 Å². The van der Waals surface area contributed by atoms with Crippen LogP contribution in [0.25, 0.3) is 5.82 Å². The summed E-state index contributed by atoms with van der Waals surface area (Å²) in [4.78, 5) is 57.0. The molecule has 1 amide bonds. The number of ketones is 1. The Morgan fingerprint density at radius 3 is 2.55 bits per heavy atom. The van der Waals surface area contributed by atoms with Crippen molar-refractivity contribution in [1.29, 1.82) is 0 Å². The van der Waals surface area contributed by atoms with Crippen LogP contribution in [0.4, 0.5) is 0 Å². The van der Waals surface area contributed by atoms with Gasteiger partial charge in [-0.2, -0.15) is 5.10 Å². The molecule has 0 saturated carbocycles. The Hall–Kier alpha value is -3.97. The Morgan fingerprint density at radius 2 is 1.91 bits per heavy atom. The van der Waals surface area contributed by atoms with Crippen LogP contribution in [-0.4, -0.2) is 140 Å². The second-order valence-corrected chi connectivity index (χ2v) is 16.3. The lowest BCUT2D eigenvalue weighted by molar-refractivity contribution is -0.289. The molecule has 2 bridgehead atoms. The molecule has 17 nitrogen and oxygen atoms in total. The number of carbonyl (C=O) groups is 3. The van der Waals surface area contributed by atoms with Crippen molar-refractivity contribution in [2.75, 3.05) is 27.3 Å². The maximum absolute atomic E-state index is 14.1. The molecule has 2 N–H and O–H groups in total. The minimum atomic E-state index is -1.83. The van der Waals surface area contributed by atoms with Crippen LogP contribution in [0.1, 0.15) is 86.1 Å². The predicted octanol–water partition coefficient (Wildman–Crippen LogP) is 3.21. The average Bonchev–Trinajstić information content (AvgIpc) is 3.72. The molecule has 3 aliphatic rings. The fourth-order valence-corrected chi connectivity index (χ4v) is 7.81. The number of Topliss-reactive ketones (excluding diaryl/α,β-unsaturated/α-hetero) is 1. The molecule has 3 aliphatic heterocycles. The number of carbonyl (C=O) groups excluding carboxylic acids is 3. The molecule has 58 heavy (non-hydrogen) atoms. The molecule has 0 aromatic carbocycles. The number of nitrogens with zero attached hydrogens (tertiary/aromatic N) is 6. The Labute approximate surface area is 340 Å². The number of aliphatic hydroxyl groups excluding tert-OH is 1. The van der Waals surface area contributed by atoms with Gasteiger partial charge in [0, 0.05) is 55.2 Å². The van der Waals surface area contributed by atoms with Crippen LogP contribution >= 0.6 is 0 Å². The van der Waals surface area contributed by atoms with E-state index >= 15 is 0 Å². The summed E-state index contributed by atoms with van der Waals surface area (Å²) in [6.45, 7) is 11.2. The lowest BCUT2D eigenvalue weighted by Crippen LogP contribution is -2.58. The number of oxime groups is 1. The molecule has 2 aromatic heterocycles. The first kappa shape index (κ1) is 45.1. The van der Waals surface area contributed by atoms with Crippen LogP contribution < -0.4 is 0 Å². The second kappa shape index (κ2) is 19.4. The number of cyclic esters (lactones) is 1. The van der Waals surface area contributed by atoms with Gasteiger partial charge in [-0.15, -0.1) is 0 Å². The molecule has 320 valence electrons. The highest BCUT2D eigenvalue weighted by atomic mass is 16.7. The quantitative estimate of drug-likeness (QED) is 0.223. The van der Waals surface area contributed by atoms with Crippen LogP contribution in [0.3, 0.4) is 0 Å². The Kier molecular flexibility index (Phi) is 15.1. The fourth-order valence-electron chi connectivity index (χ4n) is 7.81. The maximum atomic E-state index is 14.1. The summed E-state index contributed by atoms with van der Waals surface area (Å²) in [5, 5.41) is 32.4. The van der Waals surface area contributed by atoms with Crippen molar-refractivity contribution in [3.63, 3.8) is 0 Å². The third-order valence-corrected chi connectivity index (χ3v) is 11.5. The zero-order chi connectivity index (χ0) is 42.4. The van der Waals surface area contributed by atoms with E-state index in [1.807, 2.05) is 32.0 Å². The summed E-state index contributed by atoms with van der Waals surface area (Å²) in [7, 11) is 3.72. The van der Waals surface area contributed by atoms with Gasteiger partial charge >= 0.3 is 5.97 Å². The van der Waals surface area contributed by atoms with Crippen molar-refractivity contribution in [1.82, 2.24) is 19.7 Å². The van der Waals surface area contributed by atoms with E-state index in [-0.39, 0.29) is 57.6 Å². The number of likely N-dealkylation sites (N-methyl/N-ethyl adjacent to an activating group) is 1. The number of ether oxygens (including phenoxy) is 5. The van der Waals surface area contributed by atoms with Crippen molar-refractivity contribution in [3.8, 4) is 5.82 Å². The van der Waals surface area contributed by atoms with Crippen LogP contribution in [0.2, 0.25) is 0 Å².